The second kappa shape index (κ2) is 6.83. The fraction of sp³-hybridized carbons (Fsp3) is 0.421. The first-order chi connectivity index (χ1) is 13.7. The lowest BCUT2D eigenvalue weighted by Gasteiger charge is -2.28. The summed E-state index contributed by atoms with van der Waals surface area (Å²) >= 11 is 0. The van der Waals surface area contributed by atoms with Gasteiger partial charge in [0.1, 0.15) is 6.29 Å². The fourth-order valence-corrected chi connectivity index (χ4v) is 3.93. The van der Waals surface area contributed by atoms with Crippen molar-refractivity contribution in [1.82, 2.24) is 24.3 Å². The van der Waals surface area contributed by atoms with Crippen LogP contribution in [0.2, 0.25) is 0 Å². The molecule has 9 nitrogen and oxygen atoms in total. The van der Waals surface area contributed by atoms with E-state index in [9.17, 15) is 4.79 Å². The molecule has 0 saturated carbocycles. The maximum Gasteiger partial charge on any atom is 0.219 e. The van der Waals surface area contributed by atoms with E-state index in [1.165, 1.54) is 0 Å². The maximum atomic E-state index is 11.4. The summed E-state index contributed by atoms with van der Waals surface area (Å²) in [6.45, 7) is 2.85. The van der Waals surface area contributed by atoms with Gasteiger partial charge >= 0.3 is 0 Å². The van der Waals surface area contributed by atoms with E-state index in [4.69, 9.17) is 20.4 Å². The molecular weight excluding hydrogens is 358 g/mol. The van der Waals surface area contributed by atoms with Crippen LogP contribution in [0.1, 0.15) is 17.8 Å². The minimum atomic E-state index is 0.0377. The van der Waals surface area contributed by atoms with E-state index in [0.717, 1.165) is 66.3 Å². The van der Waals surface area contributed by atoms with Gasteiger partial charge in [0.05, 0.1) is 24.6 Å². The highest BCUT2D eigenvalue weighted by molar-refractivity contribution is 5.71. The summed E-state index contributed by atoms with van der Waals surface area (Å²) in [4.78, 5) is 31.6. The molecule has 1 aliphatic heterocycles. The number of imidazole rings is 1. The third-order valence-corrected chi connectivity index (χ3v) is 5.45. The summed E-state index contributed by atoms with van der Waals surface area (Å²) in [5.74, 6) is 1.09. The second-order valence-corrected chi connectivity index (χ2v) is 7.22. The lowest BCUT2D eigenvalue weighted by atomic mass is 9.91. The zero-order chi connectivity index (χ0) is 19.1. The zero-order valence-corrected chi connectivity index (χ0v) is 15.4. The van der Waals surface area contributed by atoms with Gasteiger partial charge in [0.2, 0.25) is 5.95 Å². The highest BCUT2D eigenvalue weighted by atomic mass is 16.5. The van der Waals surface area contributed by atoms with E-state index in [1.807, 2.05) is 6.20 Å². The van der Waals surface area contributed by atoms with E-state index < -0.39 is 0 Å². The van der Waals surface area contributed by atoms with Crippen LogP contribution in [0.25, 0.3) is 16.9 Å². The van der Waals surface area contributed by atoms with Gasteiger partial charge < -0.3 is 20.2 Å². The molecule has 4 heterocycles. The number of carbonyl (C=O) groups is 1. The molecule has 1 fully saturated rings. The number of morpholine rings is 1. The first-order valence-corrected chi connectivity index (χ1v) is 9.49. The number of nitrogen functional groups attached to an aromatic ring is 1. The predicted molar refractivity (Wildman–Crippen MR) is 103 cm³/mol. The number of rotatable bonds is 3. The van der Waals surface area contributed by atoms with Gasteiger partial charge in [-0.1, -0.05) is 0 Å². The van der Waals surface area contributed by atoms with Crippen molar-refractivity contribution in [3.8, 4) is 11.3 Å². The van der Waals surface area contributed by atoms with Gasteiger partial charge in [0, 0.05) is 48.9 Å². The van der Waals surface area contributed by atoms with E-state index in [-0.39, 0.29) is 11.9 Å². The van der Waals surface area contributed by atoms with Crippen LogP contribution in [0, 0.1) is 5.92 Å². The van der Waals surface area contributed by atoms with Gasteiger partial charge in [-0.05, 0) is 19.3 Å². The minimum Gasteiger partial charge on any atom is -0.378 e. The Balaban J connectivity index is 1.70. The molecule has 28 heavy (non-hydrogen) atoms. The fourth-order valence-electron chi connectivity index (χ4n) is 3.93. The number of hydrogen-bond acceptors (Lipinski definition) is 8. The second-order valence-electron chi connectivity index (χ2n) is 7.22. The molecule has 1 unspecified atom stereocenters. The van der Waals surface area contributed by atoms with Gasteiger partial charge in [-0.2, -0.15) is 0 Å². The largest absolute Gasteiger partial charge is 0.378 e. The third-order valence-electron chi connectivity index (χ3n) is 5.45. The average molecular weight is 379 g/mol. The lowest BCUT2D eigenvalue weighted by molar-refractivity contribution is -0.111. The highest BCUT2D eigenvalue weighted by Gasteiger charge is 2.27. The van der Waals surface area contributed by atoms with Gasteiger partial charge in [0.25, 0.3) is 0 Å². The molecule has 2 aliphatic rings. The Labute approximate surface area is 161 Å². The first kappa shape index (κ1) is 17.1. The number of aldehydes is 1. The third kappa shape index (κ3) is 2.88. The van der Waals surface area contributed by atoms with Crippen LogP contribution in [-0.4, -0.2) is 56.9 Å². The van der Waals surface area contributed by atoms with Crippen molar-refractivity contribution >= 4 is 23.7 Å². The monoisotopic (exact) mass is 379 g/mol. The van der Waals surface area contributed by atoms with Crippen LogP contribution >= 0.6 is 0 Å². The van der Waals surface area contributed by atoms with Gasteiger partial charge in [-0.3, -0.25) is 4.40 Å². The van der Waals surface area contributed by atoms with E-state index in [2.05, 4.69) is 19.3 Å². The van der Waals surface area contributed by atoms with Crippen molar-refractivity contribution in [1.29, 1.82) is 0 Å². The highest BCUT2D eigenvalue weighted by Crippen LogP contribution is 2.31. The molecule has 2 N–H and O–H groups in total. The molecule has 1 aliphatic carbocycles. The van der Waals surface area contributed by atoms with Gasteiger partial charge in [-0.15, -0.1) is 0 Å². The number of fused-ring (bicyclic) bond motifs is 3. The zero-order valence-electron chi connectivity index (χ0n) is 15.4. The van der Waals surface area contributed by atoms with E-state index in [0.29, 0.717) is 19.6 Å². The molecule has 0 bridgehead atoms. The van der Waals surface area contributed by atoms with Crippen LogP contribution in [0.5, 0.6) is 0 Å². The number of nitrogens with zero attached hydrogens (tertiary/aromatic N) is 6. The van der Waals surface area contributed by atoms with Crippen molar-refractivity contribution < 1.29 is 9.53 Å². The Morgan fingerprint density at radius 1 is 1.18 bits per heavy atom. The van der Waals surface area contributed by atoms with E-state index in [1.54, 1.807) is 12.4 Å². The Kier molecular flexibility index (Phi) is 4.16. The molecule has 0 spiro atoms. The summed E-state index contributed by atoms with van der Waals surface area (Å²) in [5.41, 5.74) is 10.2. The van der Waals surface area contributed by atoms with E-state index >= 15 is 0 Å². The summed E-state index contributed by atoms with van der Waals surface area (Å²) in [5, 5.41) is 0. The van der Waals surface area contributed by atoms with Crippen LogP contribution in [-0.2, 0) is 22.4 Å². The molecule has 0 radical (unpaired) electrons. The molecular formula is C19H21N7O2. The normalized spacial score (nSPS) is 19.6. The Morgan fingerprint density at radius 3 is 2.71 bits per heavy atom. The quantitative estimate of drug-likeness (QED) is 0.669. The summed E-state index contributed by atoms with van der Waals surface area (Å²) < 4.78 is 7.59. The number of carbonyl (C=O) groups excluding carboxylic acids is 1. The topological polar surface area (TPSA) is 112 Å². The molecule has 3 aromatic heterocycles. The van der Waals surface area contributed by atoms with Gasteiger partial charge in [0.15, 0.2) is 11.5 Å². The molecule has 9 heteroatoms. The van der Waals surface area contributed by atoms with Gasteiger partial charge in [-0.25, -0.2) is 19.9 Å². The Hall–Kier alpha value is -3.07. The number of nitrogens with two attached hydrogens (primary N) is 1. The van der Waals surface area contributed by atoms with Crippen molar-refractivity contribution in [2.24, 2.45) is 5.92 Å². The lowest BCUT2D eigenvalue weighted by Crippen LogP contribution is -2.37. The standard InChI is InChI=1S/C19H21N7O2/c20-19-21-8-13(9-22-19)15-10-26-16-7-12(11-27)1-2-14(16)23-18(26)17(24-15)25-3-5-28-6-4-25/h8-12H,1-7H2,(H2,20,21,22). The van der Waals surface area contributed by atoms with Crippen LogP contribution in [0.4, 0.5) is 11.8 Å². The number of aryl methyl sites for hydroxylation is 1. The predicted octanol–water partition coefficient (Wildman–Crippen LogP) is 0.909. The number of ether oxygens (including phenoxy) is 1. The minimum absolute atomic E-state index is 0.0377. The molecule has 5 rings (SSSR count). The van der Waals surface area contributed by atoms with Crippen molar-refractivity contribution in [3.05, 3.63) is 30.0 Å². The maximum absolute atomic E-state index is 11.4. The molecule has 144 valence electrons. The number of anilines is 2. The van der Waals surface area contributed by atoms with Crippen LogP contribution < -0.4 is 10.6 Å². The molecule has 0 aromatic carbocycles. The van der Waals surface area contributed by atoms with Crippen LogP contribution in [0.15, 0.2) is 18.6 Å². The summed E-state index contributed by atoms with van der Waals surface area (Å²) in [7, 11) is 0. The molecule has 0 amide bonds. The molecule has 3 aromatic rings. The van der Waals surface area contributed by atoms with Crippen molar-refractivity contribution in [2.45, 2.75) is 19.3 Å². The Morgan fingerprint density at radius 2 is 1.96 bits per heavy atom. The van der Waals surface area contributed by atoms with Crippen molar-refractivity contribution in [2.75, 3.05) is 36.9 Å². The number of aromatic nitrogens is 5. The SMILES string of the molecule is Nc1ncc(-c2cn3c4c(nc3c(N3CCOCC3)n2)CCC(C=O)C4)cn1. The number of hydrogen-bond donors (Lipinski definition) is 1. The molecule has 1 atom stereocenters. The smallest absolute Gasteiger partial charge is 0.219 e. The first-order valence-electron chi connectivity index (χ1n) is 9.49. The Bertz CT molecular complexity index is 1020. The average Bonchev–Trinajstić information content (AvgIpc) is 3.12. The summed E-state index contributed by atoms with van der Waals surface area (Å²) in [6, 6.07) is 0. The van der Waals surface area contributed by atoms with Crippen LogP contribution in [0.3, 0.4) is 0 Å². The van der Waals surface area contributed by atoms with Crippen molar-refractivity contribution in [3.63, 3.8) is 0 Å². The summed E-state index contributed by atoms with van der Waals surface area (Å²) in [6.07, 6.45) is 8.73. The molecule has 1 saturated heterocycles.